The first-order valence-corrected chi connectivity index (χ1v) is 8.47. The molecule has 25 heavy (non-hydrogen) atoms. The van der Waals surface area contributed by atoms with Gasteiger partial charge >= 0.3 is 6.03 Å². The maximum atomic E-state index is 12.1. The Kier molecular flexibility index (Phi) is 6.38. The second kappa shape index (κ2) is 8.50. The van der Waals surface area contributed by atoms with E-state index in [1.807, 2.05) is 31.2 Å². The molecular weight excluding hydrogens is 322 g/mol. The minimum Gasteiger partial charge on any atom is -0.493 e. The van der Waals surface area contributed by atoms with E-state index in [-0.39, 0.29) is 24.3 Å². The number of imide groups is 1. The highest BCUT2D eigenvalue weighted by molar-refractivity contribution is 6.05. The second-order valence-electron chi connectivity index (χ2n) is 6.07. The van der Waals surface area contributed by atoms with Crippen molar-refractivity contribution in [2.24, 2.45) is 0 Å². The minimum atomic E-state index is -0.724. The van der Waals surface area contributed by atoms with E-state index in [2.05, 4.69) is 5.32 Å². The number of carbonyl (C=O) groups is 3. The van der Waals surface area contributed by atoms with Gasteiger partial charge < -0.3 is 15.0 Å². The van der Waals surface area contributed by atoms with E-state index in [9.17, 15) is 14.4 Å². The van der Waals surface area contributed by atoms with Crippen LogP contribution in [0.25, 0.3) is 0 Å². The van der Waals surface area contributed by atoms with E-state index in [0.717, 1.165) is 22.6 Å². The van der Waals surface area contributed by atoms with Gasteiger partial charge in [0, 0.05) is 20.6 Å². The van der Waals surface area contributed by atoms with E-state index < -0.39 is 6.04 Å². The highest BCUT2D eigenvalue weighted by Crippen LogP contribution is 2.19. The van der Waals surface area contributed by atoms with Gasteiger partial charge in [-0.05, 0) is 24.5 Å². The number of hydrogen-bond acceptors (Lipinski definition) is 4. The van der Waals surface area contributed by atoms with Gasteiger partial charge in [-0.3, -0.25) is 14.5 Å². The number of likely N-dealkylation sites (N-methyl/N-ethyl adjacent to an activating group) is 2. The number of benzene rings is 1. The van der Waals surface area contributed by atoms with E-state index in [1.165, 1.54) is 19.0 Å². The summed E-state index contributed by atoms with van der Waals surface area (Å²) in [5.74, 6) is 0.234. The molecule has 1 heterocycles. The van der Waals surface area contributed by atoms with Crippen LogP contribution in [-0.2, 0) is 16.0 Å². The fourth-order valence-electron chi connectivity index (χ4n) is 2.73. The standard InChI is InChI=1S/C18H25N3O4/c1-4-11-25-15-8-6-5-7-13(15)9-10-19-16(22)12-14-17(23)21(3)18(24)20(14)2/h5-8,14H,4,9-12H2,1-3H3,(H,19,22)/t14-/m0/s1. The van der Waals surface area contributed by atoms with Crippen LogP contribution in [0.5, 0.6) is 5.75 Å². The van der Waals surface area contributed by atoms with Crippen molar-refractivity contribution in [2.75, 3.05) is 27.2 Å². The Morgan fingerprint density at radius 2 is 1.96 bits per heavy atom. The molecule has 1 fully saturated rings. The van der Waals surface area contributed by atoms with Gasteiger partial charge in [0.05, 0.1) is 13.0 Å². The highest BCUT2D eigenvalue weighted by atomic mass is 16.5. The van der Waals surface area contributed by atoms with Gasteiger partial charge in [0.15, 0.2) is 0 Å². The fourth-order valence-corrected chi connectivity index (χ4v) is 2.73. The van der Waals surface area contributed by atoms with E-state index >= 15 is 0 Å². The average Bonchev–Trinajstić information content (AvgIpc) is 2.79. The molecule has 7 nitrogen and oxygen atoms in total. The predicted molar refractivity (Wildman–Crippen MR) is 93.3 cm³/mol. The number of rotatable bonds is 8. The first-order chi connectivity index (χ1) is 12.0. The zero-order valence-corrected chi connectivity index (χ0v) is 14.9. The molecule has 0 radical (unpaired) electrons. The molecule has 0 aliphatic carbocycles. The monoisotopic (exact) mass is 347 g/mol. The molecule has 0 saturated carbocycles. The Morgan fingerprint density at radius 1 is 1.24 bits per heavy atom. The smallest absolute Gasteiger partial charge is 0.326 e. The summed E-state index contributed by atoms with van der Waals surface area (Å²) in [6.45, 7) is 3.15. The van der Waals surface area contributed by atoms with Gasteiger partial charge in [-0.2, -0.15) is 0 Å². The average molecular weight is 347 g/mol. The van der Waals surface area contributed by atoms with Gasteiger partial charge in [-0.25, -0.2) is 4.79 Å². The summed E-state index contributed by atoms with van der Waals surface area (Å²) in [6.07, 6.45) is 1.54. The number of hydrogen-bond donors (Lipinski definition) is 1. The second-order valence-corrected chi connectivity index (χ2v) is 6.07. The predicted octanol–water partition coefficient (Wildman–Crippen LogP) is 1.42. The summed E-state index contributed by atoms with van der Waals surface area (Å²) >= 11 is 0. The zero-order valence-electron chi connectivity index (χ0n) is 14.9. The summed E-state index contributed by atoms with van der Waals surface area (Å²) in [4.78, 5) is 38.1. The highest BCUT2D eigenvalue weighted by Gasteiger charge is 2.41. The van der Waals surface area contributed by atoms with E-state index in [4.69, 9.17) is 4.74 Å². The van der Waals surface area contributed by atoms with Crippen molar-refractivity contribution in [3.63, 3.8) is 0 Å². The van der Waals surface area contributed by atoms with Crippen molar-refractivity contribution in [3.05, 3.63) is 29.8 Å². The molecule has 1 aliphatic rings. The molecular formula is C18H25N3O4. The van der Waals surface area contributed by atoms with Crippen LogP contribution in [-0.4, -0.2) is 60.9 Å². The summed E-state index contributed by atoms with van der Waals surface area (Å²) < 4.78 is 5.70. The summed E-state index contributed by atoms with van der Waals surface area (Å²) in [5, 5.41) is 2.81. The number of nitrogens with zero attached hydrogens (tertiary/aromatic N) is 2. The minimum absolute atomic E-state index is 0.0284. The molecule has 0 bridgehead atoms. The molecule has 1 aliphatic heterocycles. The Morgan fingerprint density at radius 3 is 2.60 bits per heavy atom. The van der Waals surface area contributed by atoms with E-state index in [1.54, 1.807) is 0 Å². The van der Waals surface area contributed by atoms with Gasteiger partial charge in [-0.1, -0.05) is 25.1 Å². The van der Waals surface area contributed by atoms with Crippen molar-refractivity contribution < 1.29 is 19.1 Å². The molecule has 136 valence electrons. The van der Waals surface area contributed by atoms with E-state index in [0.29, 0.717) is 19.6 Å². The summed E-state index contributed by atoms with van der Waals surface area (Å²) in [7, 11) is 2.95. The van der Waals surface area contributed by atoms with Crippen LogP contribution in [0.1, 0.15) is 25.3 Å². The summed E-state index contributed by atoms with van der Waals surface area (Å²) in [5.41, 5.74) is 1.03. The zero-order chi connectivity index (χ0) is 18.4. The number of carbonyl (C=O) groups excluding carboxylic acids is 3. The van der Waals surface area contributed by atoms with Gasteiger partial charge in [0.25, 0.3) is 5.91 Å². The summed E-state index contributed by atoms with van der Waals surface area (Å²) in [6, 6.07) is 6.63. The van der Waals surface area contributed by atoms with Crippen LogP contribution >= 0.6 is 0 Å². The Labute approximate surface area is 147 Å². The van der Waals surface area contributed by atoms with Gasteiger partial charge in [0.1, 0.15) is 11.8 Å². The Balaban J connectivity index is 1.83. The quantitative estimate of drug-likeness (QED) is 0.721. The number of ether oxygens (including phenoxy) is 1. The van der Waals surface area contributed by atoms with Crippen LogP contribution in [0, 0.1) is 0 Å². The first-order valence-electron chi connectivity index (χ1n) is 8.47. The fraction of sp³-hybridized carbons (Fsp3) is 0.500. The lowest BCUT2D eigenvalue weighted by atomic mass is 10.1. The lowest BCUT2D eigenvalue weighted by molar-refractivity contribution is -0.131. The number of nitrogens with one attached hydrogen (secondary N) is 1. The van der Waals surface area contributed by atoms with Crippen LogP contribution in [0.2, 0.25) is 0 Å². The third-order valence-corrected chi connectivity index (χ3v) is 4.20. The van der Waals surface area contributed by atoms with Gasteiger partial charge in [-0.15, -0.1) is 0 Å². The molecule has 4 amide bonds. The maximum Gasteiger partial charge on any atom is 0.326 e. The number of urea groups is 1. The molecule has 1 atom stereocenters. The molecule has 0 unspecified atom stereocenters. The van der Waals surface area contributed by atoms with Crippen molar-refractivity contribution in [2.45, 2.75) is 32.2 Å². The molecule has 0 spiro atoms. The first kappa shape index (κ1) is 18.8. The Bertz CT molecular complexity index is 647. The molecule has 7 heteroatoms. The van der Waals surface area contributed by atoms with Crippen molar-refractivity contribution >= 4 is 17.8 Å². The molecule has 1 saturated heterocycles. The van der Waals surface area contributed by atoms with Crippen LogP contribution in [0.3, 0.4) is 0 Å². The maximum absolute atomic E-state index is 12.1. The lowest BCUT2D eigenvalue weighted by Gasteiger charge is -2.16. The number of para-hydroxylation sites is 1. The topological polar surface area (TPSA) is 79.0 Å². The molecule has 0 aromatic heterocycles. The molecule has 1 aromatic rings. The normalized spacial score (nSPS) is 17.2. The van der Waals surface area contributed by atoms with Gasteiger partial charge in [0.2, 0.25) is 5.91 Å². The lowest BCUT2D eigenvalue weighted by Crippen LogP contribution is -2.37. The van der Waals surface area contributed by atoms with Crippen molar-refractivity contribution in [1.29, 1.82) is 0 Å². The van der Waals surface area contributed by atoms with Crippen LogP contribution in [0.15, 0.2) is 24.3 Å². The van der Waals surface area contributed by atoms with Crippen molar-refractivity contribution in [1.82, 2.24) is 15.1 Å². The van der Waals surface area contributed by atoms with Crippen LogP contribution < -0.4 is 10.1 Å². The molecule has 2 rings (SSSR count). The number of amides is 4. The molecule has 1 aromatic carbocycles. The third kappa shape index (κ3) is 4.49. The van der Waals surface area contributed by atoms with Crippen LogP contribution in [0.4, 0.5) is 4.79 Å². The largest absolute Gasteiger partial charge is 0.493 e. The third-order valence-electron chi connectivity index (χ3n) is 4.20. The Hall–Kier alpha value is -2.57. The van der Waals surface area contributed by atoms with Crippen molar-refractivity contribution in [3.8, 4) is 5.75 Å². The SMILES string of the molecule is CCCOc1ccccc1CCNC(=O)C[C@H]1C(=O)N(C)C(=O)N1C. The molecule has 1 N–H and O–H groups in total.